The summed E-state index contributed by atoms with van der Waals surface area (Å²) in [6.45, 7) is 1.94. The molecule has 1 unspecified atom stereocenters. The molecule has 2 N–H and O–H groups in total. The molecule has 7 heteroatoms. The van der Waals surface area contributed by atoms with Gasteiger partial charge in [-0.2, -0.15) is 5.26 Å². The van der Waals surface area contributed by atoms with Crippen molar-refractivity contribution in [1.29, 1.82) is 5.26 Å². The number of aromatic carboxylic acids is 1. The number of nitrogens with zero attached hydrogens (tertiary/aromatic N) is 3. The molecule has 2 rings (SSSR count). The highest BCUT2D eigenvalue weighted by Crippen LogP contribution is 2.33. The first kappa shape index (κ1) is 15.4. The van der Waals surface area contributed by atoms with E-state index in [1.54, 1.807) is 6.92 Å². The van der Waals surface area contributed by atoms with E-state index in [2.05, 4.69) is 16.0 Å². The number of aryl methyl sites for hydroxylation is 1. The molecule has 1 atom stereocenters. The Morgan fingerprint density at radius 3 is 3.00 bits per heavy atom. The Balaban J connectivity index is 2.27. The Kier molecular flexibility index (Phi) is 4.83. The number of carboxylic acid groups (broad SMARTS) is 1. The number of carboxylic acids is 1. The molecule has 0 radical (unpaired) electrons. The van der Waals surface area contributed by atoms with Crippen LogP contribution in [0.2, 0.25) is 0 Å². The van der Waals surface area contributed by atoms with Crippen LogP contribution in [0, 0.1) is 24.2 Å². The normalized spacial score (nSPS) is 20.1. The maximum absolute atomic E-state index is 11.1. The lowest BCUT2D eigenvalue weighted by Gasteiger charge is -2.18. The lowest BCUT2D eigenvalue weighted by atomic mass is 9.88. The first-order valence-corrected chi connectivity index (χ1v) is 7.32. The van der Waals surface area contributed by atoms with Crippen molar-refractivity contribution in [2.24, 2.45) is 10.9 Å². The van der Waals surface area contributed by atoms with E-state index in [0.717, 1.165) is 22.6 Å². The molecule has 0 aliphatic heterocycles. The molecule has 21 heavy (non-hydrogen) atoms. The van der Waals surface area contributed by atoms with E-state index in [9.17, 15) is 10.1 Å². The molecule has 0 aromatic carbocycles. The Labute approximate surface area is 126 Å². The summed E-state index contributed by atoms with van der Waals surface area (Å²) < 4.78 is 0. The number of thiazole rings is 1. The van der Waals surface area contributed by atoms with E-state index < -0.39 is 5.97 Å². The molecule has 1 aromatic heterocycles. The molecule has 1 aliphatic carbocycles. The maximum Gasteiger partial charge on any atom is 0.347 e. The van der Waals surface area contributed by atoms with Gasteiger partial charge in [0.25, 0.3) is 0 Å². The number of rotatable bonds is 4. The minimum absolute atomic E-state index is 0.0358. The Morgan fingerprint density at radius 2 is 2.43 bits per heavy atom. The van der Waals surface area contributed by atoms with E-state index in [1.807, 2.05) is 6.08 Å². The first-order valence-electron chi connectivity index (χ1n) is 6.50. The molecule has 6 nitrogen and oxygen atoms in total. The Bertz CT molecular complexity index is 655. The second-order valence-corrected chi connectivity index (χ2v) is 5.65. The molecular weight excluding hydrogens is 290 g/mol. The van der Waals surface area contributed by atoms with Crippen molar-refractivity contribution in [1.82, 2.24) is 4.98 Å². The average molecular weight is 305 g/mol. The van der Waals surface area contributed by atoms with Gasteiger partial charge >= 0.3 is 5.97 Å². The van der Waals surface area contributed by atoms with Gasteiger partial charge in [0, 0.05) is 12.1 Å². The number of hydrogen-bond acceptors (Lipinski definition) is 6. The van der Waals surface area contributed by atoms with Gasteiger partial charge in [0.15, 0.2) is 0 Å². The fourth-order valence-electron chi connectivity index (χ4n) is 2.19. The van der Waals surface area contributed by atoms with E-state index in [4.69, 9.17) is 10.2 Å². The summed E-state index contributed by atoms with van der Waals surface area (Å²) in [6.07, 6.45) is 2.95. The third-order valence-electron chi connectivity index (χ3n) is 3.22. The van der Waals surface area contributed by atoms with Crippen molar-refractivity contribution in [3.05, 3.63) is 21.7 Å². The van der Waals surface area contributed by atoms with Crippen molar-refractivity contribution >= 4 is 28.6 Å². The number of nitriles is 1. The van der Waals surface area contributed by atoms with Crippen LogP contribution in [0.4, 0.5) is 0 Å². The van der Waals surface area contributed by atoms with Gasteiger partial charge in [0.1, 0.15) is 9.88 Å². The van der Waals surface area contributed by atoms with E-state index in [0.29, 0.717) is 30.1 Å². The molecule has 1 aromatic rings. The first-order chi connectivity index (χ1) is 10.1. The van der Waals surface area contributed by atoms with Gasteiger partial charge in [-0.1, -0.05) is 6.08 Å². The fraction of sp³-hybridized carbons (Fsp3) is 0.429. The number of aliphatic imine (C=N–C) groups is 1. The number of aliphatic hydroxyl groups is 1. The highest BCUT2D eigenvalue weighted by Gasteiger charge is 2.25. The van der Waals surface area contributed by atoms with Crippen LogP contribution in [0.15, 0.2) is 11.1 Å². The zero-order valence-corrected chi connectivity index (χ0v) is 12.4. The molecule has 0 spiro atoms. The summed E-state index contributed by atoms with van der Waals surface area (Å²) in [7, 11) is 0. The SMILES string of the molecule is Cc1nc(C2=CCC(=NCCO)C(C#N)C2)sc1C(=O)O. The van der Waals surface area contributed by atoms with Crippen LogP contribution in [-0.4, -0.2) is 40.0 Å². The van der Waals surface area contributed by atoms with Crippen LogP contribution in [0.5, 0.6) is 0 Å². The third kappa shape index (κ3) is 3.35. The summed E-state index contributed by atoms with van der Waals surface area (Å²) in [5.41, 5.74) is 2.16. The fourth-order valence-corrected chi connectivity index (χ4v) is 3.14. The number of allylic oxidation sites excluding steroid dienone is 2. The summed E-state index contributed by atoms with van der Waals surface area (Å²) in [6, 6.07) is 2.21. The molecular formula is C14H15N3O3S. The third-order valence-corrected chi connectivity index (χ3v) is 4.44. The minimum atomic E-state index is -0.977. The summed E-state index contributed by atoms with van der Waals surface area (Å²) in [4.78, 5) is 19.8. The van der Waals surface area contributed by atoms with Gasteiger partial charge in [-0.3, -0.25) is 4.99 Å². The Hall–Kier alpha value is -2.04. The van der Waals surface area contributed by atoms with Crippen LogP contribution in [-0.2, 0) is 0 Å². The zero-order valence-electron chi connectivity index (χ0n) is 11.5. The largest absolute Gasteiger partial charge is 0.477 e. The molecule has 0 amide bonds. The van der Waals surface area contributed by atoms with Gasteiger partial charge in [-0.05, 0) is 18.9 Å². The van der Waals surface area contributed by atoms with Crippen molar-refractivity contribution in [2.45, 2.75) is 19.8 Å². The molecule has 0 fully saturated rings. The van der Waals surface area contributed by atoms with Gasteiger partial charge in [0.05, 0.1) is 30.8 Å². The number of aliphatic hydroxyl groups excluding tert-OH is 1. The van der Waals surface area contributed by atoms with E-state index in [-0.39, 0.29) is 17.4 Å². The maximum atomic E-state index is 11.1. The molecule has 1 heterocycles. The van der Waals surface area contributed by atoms with Gasteiger partial charge in [-0.25, -0.2) is 9.78 Å². The number of hydrogen-bond donors (Lipinski definition) is 2. The van der Waals surface area contributed by atoms with Gasteiger partial charge < -0.3 is 10.2 Å². The summed E-state index contributed by atoms with van der Waals surface area (Å²) >= 11 is 1.14. The topological polar surface area (TPSA) is 107 Å². The van der Waals surface area contributed by atoms with Gasteiger partial charge in [-0.15, -0.1) is 11.3 Å². The summed E-state index contributed by atoms with van der Waals surface area (Å²) in [5.74, 6) is -1.32. The zero-order chi connectivity index (χ0) is 15.4. The van der Waals surface area contributed by atoms with Crippen molar-refractivity contribution in [3.63, 3.8) is 0 Å². The molecule has 0 saturated carbocycles. The van der Waals surface area contributed by atoms with Crippen molar-refractivity contribution in [2.75, 3.05) is 13.2 Å². The highest BCUT2D eigenvalue weighted by molar-refractivity contribution is 7.14. The minimum Gasteiger partial charge on any atom is -0.477 e. The lowest BCUT2D eigenvalue weighted by Crippen LogP contribution is -2.18. The Morgan fingerprint density at radius 1 is 1.67 bits per heavy atom. The van der Waals surface area contributed by atoms with Crippen LogP contribution in [0.3, 0.4) is 0 Å². The van der Waals surface area contributed by atoms with E-state index in [1.165, 1.54) is 0 Å². The second kappa shape index (κ2) is 6.61. The summed E-state index contributed by atoms with van der Waals surface area (Å²) in [5, 5.41) is 27.8. The molecule has 0 bridgehead atoms. The van der Waals surface area contributed by atoms with Gasteiger partial charge in [0.2, 0.25) is 0 Å². The highest BCUT2D eigenvalue weighted by atomic mass is 32.1. The van der Waals surface area contributed by atoms with Crippen molar-refractivity contribution in [3.8, 4) is 6.07 Å². The standard InChI is InChI=1S/C14H15N3O3S/c1-8-12(14(19)20)21-13(17-8)9-2-3-11(16-4-5-18)10(6-9)7-15/h2,10,18H,3-6H2,1H3,(H,19,20). The smallest absolute Gasteiger partial charge is 0.347 e. The predicted molar refractivity (Wildman–Crippen MR) is 79.5 cm³/mol. The van der Waals surface area contributed by atoms with Crippen LogP contribution in [0.25, 0.3) is 5.57 Å². The van der Waals surface area contributed by atoms with Crippen LogP contribution < -0.4 is 0 Å². The molecule has 0 saturated heterocycles. The molecule has 110 valence electrons. The lowest BCUT2D eigenvalue weighted by molar-refractivity contribution is 0.0701. The van der Waals surface area contributed by atoms with E-state index >= 15 is 0 Å². The van der Waals surface area contributed by atoms with Crippen molar-refractivity contribution < 1.29 is 15.0 Å². The number of carbonyl (C=O) groups is 1. The average Bonchev–Trinajstić information content (AvgIpc) is 2.87. The molecule has 1 aliphatic rings. The number of aromatic nitrogens is 1. The quantitative estimate of drug-likeness (QED) is 0.883. The van der Waals surface area contributed by atoms with Crippen LogP contribution >= 0.6 is 11.3 Å². The second-order valence-electron chi connectivity index (χ2n) is 4.65. The monoisotopic (exact) mass is 305 g/mol. The van der Waals surface area contributed by atoms with Crippen LogP contribution in [0.1, 0.15) is 33.2 Å². The predicted octanol–water partition coefficient (Wildman–Crippen LogP) is 1.90.